The average Bonchev–Trinajstić information content (AvgIpc) is 2.94. The Morgan fingerprint density at radius 2 is 1.76 bits per heavy atom. The second kappa shape index (κ2) is 11.0. The number of hydrogen-bond donors (Lipinski definition) is 0. The molecule has 0 aliphatic carbocycles. The van der Waals surface area contributed by atoms with Gasteiger partial charge in [0.1, 0.15) is 13.1 Å². The molecule has 1 fully saturated rings. The molecule has 0 radical (unpaired) electrons. The number of ether oxygens (including phenoxy) is 2. The first-order valence-electron chi connectivity index (χ1n) is 12.0. The lowest BCUT2D eigenvalue weighted by molar-refractivity contribution is -0.149. The number of nitrogens with zero attached hydrogens (tertiary/aromatic N) is 2. The van der Waals surface area contributed by atoms with E-state index in [1.165, 1.54) is 6.07 Å². The molecule has 0 saturated carbocycles. The fourth-order valence-corrected chi connectivity index (χ4v) is 4.61. The number of rotatable bonds is 7. The fraction of sp³-hybridized carbons (Fsp3) is 0.207. The van der Waals surface area contributed by atoms with Crippen molar-refractivity contribution in [1.29, 1.82) is 0 Å². The van der Waals surface area contributed by atoms with E-state index in [4.69, 9.17) is 13.9 Å². The topological polar surface area (TPSA) is 78.1 Å². The van der Waals surface area contributed by atoms with Crippen LogP contribution >= 0.6 is 12.2 Å². The molecular formula is C29H25N2O5S+. The molecule has 1 saturated heterocycles. The first kappa shape index (κ1) is 24.7. The van der Waals surface area contributed by atoms with E-state index in [1.807, 2.05) is 42.5 Å². The predicted octanol–water partition coefficient (Wildman–Crippen LogP) is 5.28. The third-order valence-corrected chi connectivity index (χ3v) is 6.64. The number of carbonyl (C=O) groups excluding carboxylic acids is 1. The maximum Gasteiger partial charge on any atom is 0.314 e. The Labute approximate surface area is 219 Å². The van der Waals surface area contributed by atoms with Crippen LogP contribution in [0.15, 0.2) is 93.1 Å². The minimum absolute atomic E-state index is 0.0391. The molecule has 0 atom stereocenters. The smallest absolute Gasteiger partial charge is 0.314 e. The molecule has 1 aliphatic rings. The van der Waals surface area contributed by atoms with Gasteiger partial charge in [-0.2, -0.15) is 4.99 Å². The lowest BCUT2D eigenvalue weighted by Crippen LogP contribution is -2.58. The molecule has 37 heavy (non-hydrogen) atoms. The van der Waals surface area contributed by atoms with Gasteiger partial charge in [0.2, 0.25) is 6.73 Å². The van der Waals surface area contributed by atoms with Crippen LogP contribution < -0.4 is 9.91 Å². The Hall–Kier alpha value is -3.94. The van der Waals surface area contributed by atoms with E-state index in [0.717, 1.165) is 16.7 Å². The van der Waals surface area contributed by atoms with E-state index in [1.54, 1.807) is 30.3 Å². The number of fused-ring (bicyclic) bond motifs is 1. The zero-order valence-corrected chi connectivity index (χ0v) is 20.9. The van der Waals surface area contributed by atoms with Crippen LogP contribution in [0.5, 0.6) is 0 Å². The van der Waals surface area contributed by atoms with Crippen molar-refractivity contribution in [2.45, 2.75) is 6.42 Å². The first-order chi connectivity index (χ1) is 18.1. The molecule has 0 bridgehead atoms. The first-order valence-corrected chi connectivity index (χ1v) is 12.4. The molecule has 0 amide bonds. The van der Waals surface area contributed by atoms with Crippen LogP contribution in [0.25, 0.3) is 22.1 Å². The fourth-order valence-electron chi connectivity index (χ4n) is 4.50. The summed E-state index contributed by atoms with van der Waals surface area (Å²) in [5.41, 5.74) is 3.64. The SMILES string of the molecule is O=C(Cc1ccc(N=C=S)cc1)OC[N+]1(c2cc(=O)c3cccc(-c4ccccc4)c3o2)CCOCC1. The molecule has 0 unspecified atom stereocenters. The van der Waals surface area contributed by atoms with Gasteiger partial charge in [-0.05, 0) is 41.5 Å². The second-order valence-electron chi connectivity index (χ2n) is 8.89. The maximum absolute atomic E-state index is 13.2. The highest BCUT2D eigenvalue weighted by atomic mass is 32.1. The Bertz CT molecular complexity index is 1520. The van der Waals surface area contributed by atoms with E-state index < -0.39 is 0 Å². The van der Waals surface area contributed by atoms with Crippen LogP contribution in [-0.2, 0) is 20.7 Å². The van der Waals surface area contributed by atoms with Crippen LogP contribution in [0.2, 0.25) is 0 Å². The van der Waals surface area contributed by atoms with E-state index in [2.05, 4.69) is 22.4 Å². The van der Waals surface area contributed by atoms with Gasteiger partial charge < -0.3 is 13.9 Å². The summed E-state index contributed by atoms with van der Waals surface area (Å²) in [6.45, 7) is 1.99. The number of quaternary nitrogens is 1. The van der Waals surface area contributed by atoms with Gasteiger partial charge in [-0.3, -0.25) is 9.59 Å². The van der Waals surface area contributed by atoms with Crippen LogP contribution in [0.4, 0.5) is 11.6 Å². The van der Waals surface area contributed by atoms with Crippen LogP contribution in [0.1, 0.15) is 5.56 Å². The number of morpholine rings is 1. The van der Waals surface area contributed by atoms with E-state index >= 15 is 0 Å². The Morgan fingerprint density at radius 3 is 2.49 bits per heavy atom. The zero-order valence-electron chi connectivity index (χ0n) is 20.1. The molecule has 7 nitrogen and oxygen atoms in total. The molecule has 1 aromatic heterocycles. The number of para-hydroxylation sites is 1. The maximum atomic E-state index is 13.2. The van der Waals surface area contributed by atoms with Gasteiger partial charge in [0.25, 0.3) is 0 Å². The van der Waals surface area contributed by atoms with Gasteiger partial charge in [-0.25, -0.2) is 4.48 Å². The van der Waals surface area contributed by atoms with Crippen molar-refractivity contribution in [3.8, 4) is 11.1 Å². The van der Waals surface area contributed by atoms with Gasteiger partial charge in [-0.15, -0.1) is 0 Å². The molecule has 186 valence electrons. The minimum atomic E-state index is -0.372. The molecule has 8 heteroatoms. The quantitative estimate of drug-likeness (QED) is 0.145. The number of aliphatic imine (C=N–C) groups is 1. The highest BCUT2D eigenvalue weighted by Gasteiger charge is 2.38. The summed E-state index contributed by atoms with van der Waals surface area (Å²) in [6, 6.07) is 24.0. The van der Waals surface area contributed by atoms with Gasteiger partial charge in [0.05, 0.1) is 41.9 Å². The molecule has 0 spiro atoms. The van der Waals surface area contributed by atoms with Crippen LogP contribution in [0, 0.1) is 0 Å². The summed E-state index contributed by atoms with van der Waals surface area (Å²) < 4.78 is 18.0. The van der Waals surface area contributed by atoms with Crippen molar-refractivity contribution in [2.24, 2.45) is 4.99 Å². The molecule has 0 N–H and O–H groups in total. The largest absolute Gasteiger partial charge is 0.414 e. The lowest BCUT2D eigenvalue weighted by atomic mass is 10.0. The van der Waals surface area contributed by atoms with Gasteiger partial charge in [0, 0.05) is 5.56 Å². The molecule has 3 aromatic carbocycles. The van der Waals surface area contributed by atoms with Gasteiger partial charge in [0.15, 0.2) is 11.0 Å². The van der Waals surface area contributed by atoms with Crippen LogP contribution in [0.3, 0.4) is 0 Å². The summed E-state index contributed by atoms with van der Waals surface area (Å²) in [4.78, 5) is 29.9. The zero-order chi connectivity index (χ0) is 25.7. The minimum Gasteiger partial charge on any atom is -0.414 e. The van der Waals surface area contributed by atoms with Crippen molar-refractivity contribution >= 4 is 45.9 Å². The van der Waals surface area contributed by atoms with Crippen molar-refractivity contribution < 1.29 is 18.7 Å². The normalized spacial score (nSPS) is 14.6. The number of isothiocyanates is 1. The highest BCUT2D eigenvalue weighted by Crippen LogP contribution is 2.33. The molecule has 4 aromatic rings. The molecule has 1 aliphatic heterocycles. The summed E-state index contributed by atoms with van der Waals surface area (Å²) in [5, 5.41) is 2.83. The van der Waals surface area contributed by atoms with Gasteiger partial charge >= 0.3 is 11.9 Å². The van der Waals surface area contributed by atoms with Crippen molar-refractivity contribution in [3.05, 3.63) is 94.6 Å². The number of esters is 1. The second-order valence-corrected chi connectivity index (χ2v) is 9.08. The average molecular weight is 514 g/mol. The standard InChI is InChI=1S/C29H25N2O5S/c32-26-18-27(36-29-24(7-4-8-25(26)29)22-5-2-1-3-6-22)31(13-15-34-16-14-31)20-35-28(33)17-21-9-11-23(12-10-21)30-19-37/h1-12,18H,13-17,20H2/q+1. The summed E-state index contributed by atoms with van der Waals surface area (Å²) in [6.07, 6.45) is 0.109. The van der Waals surface area contributed by atoms with Crippen molar-refractivity contribution in [3.63, 3.8) is 0 Å². The lowest BCUT2D eigenvalue weighted by Gasteiger charge is -2.37. The Morgan fingerprint density at radius 1 is 1.00 bits per heavy atom. The predicted molar refractivity (Wildman–Crippen MR) is 146 cm³/mol. The summed E-state index contributed by atoms with van der Waals surface area (Å²) in [5.74, 6) is 0.0857. The van der Waals surface area contributed by atoms with Crippen molar-refractivity contribution in [1.82, 2.24) is 4.48 Å². The molecular weight excluding hydrogens is 488 g/mol. The summed E-state index contributed by atoms with van der Waals surface area (Å²) in [7, 11) is 0. The number of thiocarbonyl (C=S) groups is 1. The van der Waals surface area contributed by atoms with Crippen molar-refractivity contribution in [2.75, 3.05) is 33.0 Å². The monoisotopic (exact) mass is 513 g/mol. The Kier molecular flexibility index (Phi) is 7.35. The van der Waals surface area contributed by atoms with E-state index in [0.29, 0.717) is 48.8 Å². The Balaban J connectivity index is 1.44. The van der Waals surface area contributed by atoms with Crippen LogP contribution in [-0.4, -0.2) is 44.2 Å². The number of hydrogen-bond acceptors (Lipinski definition) is 7. The van der Waals surface area contributed by atoms with E-state index in [-0.39, 0.29) is 29.0 Å². The highest BCUT2D eigenvalue weighted by molar-refractivity contribution is 7.78. The third kappa shape index (κ3) is 5.43. The van der Waals surface area contributed by atoms with E-state index in [9.17, 15) is 9.59 Å². The third-order valence-electron chi connectivity index (χ3n) is 6.55. The number of carbonyl (C=O) groups is 1. The summed E-state index contributed by atoms with van der Waals surface area (Å²) >= 11 is 4.62. The number of benzene rings is 3. The molecule has 2 heterocycles. The van der Waals surface area contributed by atoms with Gasteiger partial charge in [-0.1, -0.05) is 54.6 Å². The molecule has 5 rings (SSSR count).